The quantitative estimate of drug-likeness (QED) is 0.0111. The van der Waals surface area contributed by atoms with Crippen LogP contribution in [0.1, 0.15) is 200 Å². The number of aliphatic hydroxyl groups is 2. The van der Waals surface area contributed by atoms with Gasteiger partial charge in [-0.05, 0) is 301 Å². The van der Waals surface area contributed by atoms with Gasteiger partial charge in [-0.2, -0.15) is 0 Å². The molecule has 0 saturated heterocycles. The van der Waals surface area contributed by atoms with Crippen LogP contribution >= 0.6 is 0 Å². The number of nitrogen functional groups attached to an aromatic ring is 1. The number of hydrogen-bond acceptors (Lipinski definition) is 28. The van der Waals surface area contributed by atoms with Gasteiger partial charge in [-0.3, -0.25) is 29.1 Å². The minimum absolute atomic E-state index is 0. The van der Waals surface area contributed by atoms with E-state index in [1.54, 1.807) is 30.3 Å². The minimum Gasteiger partial charge on any atom is -0.870 e. The molecular formula is C110H143N12NaO20. The maximum Gasteiger partial charge on any atom is 1.00 e. The molecule has 4 saturated carbocycles. The SMILES string of the molecule is CO.CO.COC(=O)Oc1cc(N)c(C#CCN(C)C)cc1C1CCCC1.COC(=O)Oc1cc(NC(=O)C2CNc3cc(C)ccc3O2)c(C#CCN(C)C)cc1C1CCCC1.Cc1ccc2c(c1)NCC(C(=O)Nc1cc(O)c(C3CCCC3)cc1C#CCN(C)C)O2.Cc1ccc2c(c1)NCC(C(=O)Nc1cc(O)c(C3CCCC3)cc1CCCN(C)C)O2.Cc1ccc2c(c1)NCC(C(=O)O)O2.[Na+].[OH-]. The number of methoxy groups -OCH3 is 2. The number of aliphatic carboxylic acids is 1. The molecule has 764 valence electrons. The normalized spacial score (nSPS) is 16.5. The zero-order valence-corrected chi connectivity index (χ0v) is 87.8. The summed E-state index contributed by atoms with van der Waals surface area (Å²) in [5.74, 6) is 22.5. The molecule has 0 radical (unpaired) electrons. The predicted octanol–water partition coefficient (Wildman–Crippen LogP) is 13.6. The van der Waals surface area contributed by atoms with Gasteiger partial charge < -0.3 is 117 Å². The Morgan fingerprint density at radius 3 is 1.06 bits per heavy atom. The molecule has 0 spiro atoms. The van der Waals surface area contributed by atoms with Crippen LogP contribution in [0.2, 0.25) is 0 Å². The minimum atomic E-state index is -0.941. The number of carbonyl (C=O) groups is 6. The van der Waals surface area contributed by atoms with Gasteiger partial charge in [0, 0.05) is 60.9 Å². The van der Waals surface area contributed by atoms with Crippen molar-refractivity contribution in [1.82, 2.24) is 19.6 Å². The van der Waals surface area contributed by atoms with E-state index in [4.69, 9.17) is 54.2 Å². The molecule has 16 rings (SSSR count). The Labute approximate surface area is 863 Å². The van der Waals surface area contributed by atoms with Gasteiger partial charge in [0.2, 0.25) is 6.10 Å². The van der Waals surface area contributed by atoms with Crippen molar-refractivity contribution in [2.75, 3.05) is 180 Å². The van der Waals surface area contributed by atoms with E-state index in [-0.39, 0.29) is 70.2 Å². The molecule has 4 fully saturated rings. The summed E-state index contributed by atoms with van der Waals surface area (Å²) in [7, 11) is 20.5. The molecule has 32 nitrogen and oxygen atoms in total. The molecule has 4 aliphatic carbocycles. The van der Waals surface area contributed by atoms with Gasteiger partial charge >= 0.3 is 47.8 Å². The number of carboxylic acids is 1. The summed E-state index contributed by atoms with van der Waals surface area (Å²) in [5.41, 5.74) is 23.4. The average Bonchev–Trinajstić information content (AvgIpc) is 1.71. The van der Waals surface area contributed by atoms with Crippen molar-refractivity contribution in [3.05, 3.63) is 188 Å². The molecule has 4 heterocycles. The Hall–Kier alpha value is -12.6. The predicted molar refractivity (Wildman–Crippen MR) is 556 cm³/mol. The maximum absolute atomic E-state index is 13.2. The van der Waals surface area contributed by atoms with E-state index < -0.39 is 42.7 Å². The third-order valence-corrected chi connectivity index (χ3v) is 25.0. The second-order valence-electron chi connectivity index (χ2n) is 37.3. The molecule has 4 atom stereocenters. The third-order valence-electron chi connectivity index (χ3n) is 25.0. The van der Waals surface area contributed by atoms with Crippen molar-refractivity contribution >= 4 is 81.5 Å². The molecule has 0 aromatic heterocycles. The van der Waals surface area contributed by atoms with Crippen molar-refractivity contribution in [3.8, 4) is 81.5 Å². The fraction of sp³-hybridized carbons (Fsp3) is 0.455. The standard InChI is InChI=1S/C28H33N3O5.C26H35N3O3.C26H31N3O3.C18H24N2O3.C10H11NO3.2CH4O.Na.H2O/c1-18-11-12-24-23(14-18)29-17-26(35-24)27(32)30-22-16-25(36-28(33)34-4)21(19-8-5-6-9-19)15-20(22)10-7-13-31(2)3;2*1-17-10-11-24-22(13-17)27-16-25(32-24)26(31)28-21-15-23(30)20(18-7-4-5-8-18)14-19(21)9-6-12-29(2)3;1-20(2)10-6-9-14-11-15(13-7-4-5-8-13)17(12-16(14)19)23-18(21)22-3;1-6-2-3-8-7(4-6)11-5-9(14-8)10(12)13;2*1-2;;/h11-12,14-16,19,26,29H,5-6,8-9,13,17H2,1-4H3,(H,30,32);10-11,13-15,18,25,27,30H,4-9,12,16H2,1-3H3,(H,28,31);10-11,13-15,18,25,27,30H,4-5,7-8,12,16H2,1-3H3,(H,28,31);11-13H,4-5,7-8,10,19H2,1-3H3;2-4,9,11H,5H2,1H3,(H,12,13);2*2H,1H3;;1H2/q;;;;;;;+1;/p-1. The Kier molecular flexibility index (Phi) is 46.6. The Bertz CT molecular complexity index is 5820. The number of hydrogen-bond donors (Lipinski definition) is 13. The van der Waals surface area contributed by atoms with Crippen molar-refractivity contribution in [3.63, 3.8) is 0 Å². The molecular weight excluding hydrogens is 1830 g/mol. The number of phenolic OH excluding ortho intramolecular Hbond substituents is 2. The van der Waals surface area contributed by atoms with E-state index in [2.05, 4.69) is 103 Å². The number of benzene rings is 8. The number of carbonyl (C=O) groups excluding carboxylic acids is 5. The van der Waals surface area contributed by atoms with Crippen LogP contribution in [0.4, 0.5) is 55.1 Å². The van der Waals surface area contributed by atoms with Gasteiger partial charge in [-0.25, -0.2) is 14.4 Å². The topological polar surface area (TPSA) is 431 Å². The number of ether oxygens (including phenoxy) is 8. The van der Waals surface area contributed by atoms with Gasteiger partial charge in [-0.1, -0.05) is 111 Å². The van der Waals surface area contributed by atoms with Crippen LogP contribution in [0.25, 0.3) is 0 Å². The van der Waals surface area contributed by atoms with Crippen molar-refractivity contribution in [2.24, 2.45) is 0 Å². The molecule has 0 bridgehead atoms. The number of nitrogens with zero attached hydrogens (tertiary/aromatic N) is 4. The van der Waals surface area contributed by atoms with Gasteiger partial charge in [-0.15, -0.1) is 0 Å². The first-order valence-corrected chi connectivity index (χ1v) is 48.3. The zero-order valence-electron chi connectivity index (χ0n) is 85.8. The monoisotopic (exact) mass is 1980 g/mol. The number of aromatic hydroxyl groups is 2. The van der Waals surface area contributed by atoms with Gasteiger partial charge in [0.15, 0.2) is 18.3 Å². The summed E-state index contributed by atoms with van der Waals surface area (Å²) in [6.45, 7) is 12.3. The maximum atomic E-state index is 13.2. The number of rotatable bonds is 20. The molecule has 15 N–H and O–H groups in total. The van der Waals surface area contributed by atoms with Crippen molar-refractivity contribution < 1.29 is 127 Å². The van der Waals surface area contributed by atoms with Crippen LogP contribution < -0.4 is 101 Å². The molecule has 143 heavy (non-hydrogen) atoms. The number of carboxylic acid groups (broad SMARTS) is 1. The number of fused-ring (bicyclic) bond motifs is 4. The number of nitrogens with two attached hydrogens (primary N) is 1. The molecule has 4 aliphatic heterocycles. The van der Waals surface area contributed by atoms with Crippen LogP contribution in [0, 0.1) is 63.2 Å². The first-order chi connectivity index (χ1) is 67.8. The fourth-order valence-electron chi connectivity index (χ4n) is 17.8. The number of phenols is 2. The van der Waals surface area contributed by atoms with Crippen LogP contribution in [0.15, 0.2) is 121 Å². The van der Waals surface area contributed by atoms with Crippen LogP contribution in [-0.4, -0.2) is 248 Å². The number of amides is 3. The summed E-state index contributed by atoms with van der Waals surface area (Å²) in [5, 5.41) is 66.0. The zero-order chi connectivity index (χ0) is 102. The number of aryl methyl sites for hydroxylation is 5. The Morgan fingerprint density at radius 1 is 0.406 bits per heavy atom. The first kappa shape index (κ1) is 116. The molecule has 33 heteroatoms. The van der Waals surface area contributed by atoms with E-state index in [9.17, 15) is 39.0 Å². The summed E-state index contributed by atoms with van der Waals surface area (Å²) in [6.07, 6.45) is 15.5. The Morgan fingerprint density at radius 2 is 0.706 bits per heavy atom. The van der Waals surface area contributed by atoms with Crippen LogP contribution in [0.5, 0.6) is 46.0 Å². The van der Waals surface area contributed by atoms with E-state index in [0.29, 0.717) is 126 Å². The average molecular weight is 1980 g/mol. The molecule has 3 amide bonds. The van der Waals surface area contributed by atoms with Gasteiger partial charge in [0.25, 0.3) is 17.7 Å². The van der Waals surface area contributed by atoms with Gasteiger partial charge in [0.05, 0.1) is 99.8 Å². The molecule has 8 aliphatic rings. The van der Waals surface area contributed by atoms with Crippen LogP contribution in [-0.2, 0) is 35.1 Å². The van der Waals surface area contributed by atoms with E-state index in [0.717, 1.165) is 182 Å². The third kappa shape index (κ3) is 34.3. The Balaban J connectivity index is 0.000000221. The first-order valence-electron chi connectivity index (χ1n) is 48.3. The fourth-order valence-corrected chi connectivity index (χ4v) is 17.8. The second-order valence-corrected chi connectivity index (χ2v) is 37.3. The van der Waals surface area contributed by atoms with E-state index >= 15 is 0 Å². The molecule has 8 aromatic carbocycles. The molecule has 8 aromatic rings. The smallest absolute Gasteiger partial charge is 0.870 e. The summed E-state index contributed by atoms with van der Waals surface area (Å²) in [4.78, 5) is 81.6. The number of aliphatic hydroxyl groups excluding tert-OH is 2. The van der Waals surface area contributed by atoms with Crippen molar-refractivity contribution in [2.45, 2.75) is 191 Å². The number of anilines is 8. The largest absolute Gasteiger partial charge is 1.00 e. The van der Waals surface area contributed by atoms with E-state index in [1.165, 1.54) is 52.7 Å². The number of nitrogens with one attached hydrogen (secondary N) is 7. The van der Waals surface area contributed by atoms with Crippen molar-refractivity contribution in [1.29, 1.82) is 0 Å². The van der Waals surface area contributed by atoms with Crippen LogP contribution in [0.3, 0.4) is 0 Å². The summed E-state index contributed by atoms with van der Waals surface area (Å²) >= 11 is 0. The van der Waals surface area contributed by atoms with Gasteiger partial charge in [0.1, 0.15) is 46.0 Å². The summed E-state index contributed by atoms with van der Waals surface area (Å²) in [6, 6.07) is 37.8. The molecule has 4 unspecified atom stereocenters. The summed E-state index contributed by atoms with van der Waals surface area (Å²) < 4.78 is 43.3. The van der Waals surface area contributed by atoms with E-state index in [1.807, 2.05) is 170 Å². The second kappa shape index (κ2) is 57.6.